The van der Waals surface area contributed by atoms with Crippen molar-refractivity contribution in [3.05, 3.63) is 111 Å². The Balaban J connectivity index is 1.66. The number of fused-ring (bicyclic) bond motifs is 1. The Labute approximate surface area is 184 Å². The Morgan fingerprint density at radius 3 is 2.33 bits per heavy atom. The first kappa shape index (κ1) is 18.9. The first-order valence-corrected chi connectivity index (χ1v) is 10.3. The minimum atomic E-state index is -0.342. The van der Waals surface area contributed by atoms with Crippen LogP contribution in [-0.4, -0.2) is 21.0 Å². The highest BCUT2D eigenvalue weighted by atomic mass is 35.5. The summed E-state index contributed by atoms with van der Waals surface area (Å²) in [5, 5.41) is 8.73. The maximum Gasteiger partial charge on any atom is 0.273 e. The molecule has 3 aromatic carbocycles. The van der Waals surface area contributed by atoms with Crippen LogP contribution in [0.2, 0.25) is 10.0 Å². The maximum absolute atomic E-state index is 13.4. The second kappa shape index (κ2) is 7.63. The molecule has 1 aliphatic rings. The van der Waals surface area contributed by atoms with Crippen LogP contribution in [0.4, 0.5) is 0 Å². The van der Waals surface area contributed by atoms with Gasteiger partial charge in [-0.25, -0.2) is 0 Å². The molecule has 5 rings (SSSR count). The van der Waals surface area contributed by atoms with Gasteiger partial charge in [-0.2, -0.15) is 5.10 Å². The molecule has 1 amide bonds. The van der Waals surface area contributed by atoms with Gasteiger partial charge in [-0.3, -0.25) is 9.89 Å². The van der Waals surface area contributed by atoms with Crippen molar-refractivity contribution in [2.45, 2.75) is 12.6 Å². The number of aromatic nitrogens is 2. The summed E-state index contributed by atoms with van der Waals surface area (Å²) in [6.45, 7) is 0.433. The van der Waals surface area contributed by atoms with Crippen LogP contribution < -0.4 is 0 Å². The van der Waals surface area contributed by atoms with E-state index in [0.29, 0.717) is 22.3 Å². The molecule has 1 aromatic heterocycles. The number of nitrogens with one attached hydrogen (secondary N) is 1. The third-order valence-electron chi connectivity index (χ3n) is 5.38. The van der Waals surface area contributed by atoms with Gasteiger partial charge >= 0.3 is 0 Å². The molecule has 0 saturated heterocycles. The minimum Gasteiger partial charge on any atom is -0.322 e. The normalized spacial score (nSPS) is 15.5. The van der Waals surface area contributed by atoms with Gasteiger partial charge in [0.1, 0.15) is 5.69 Å². The van der Waals surface area contributed by atoms with Crippen LogP contribution in [-0.2, 0) is 6.54 Å². The van der Waals surface area contributed by atoms with Gasteiger partial charge in [0.2, 0.25) is 0 Å². The fourth-order valence-corrected chi connectivity index (χ4v) is 4.35. The van der Waals surface area contributed by atoms with E-state index < -0.39 is 0 Å². The molecule has 1 N–H and O–H groups in total. The number of rotatable bonds is 4. The highest BCUT2D eigenvalue weighted by Gasteiger charge is 2.42. The molecule has 4 aromatic rings. The lowest BCUT2D eigenvalue weighted by Crippen LogP contribution is -2.29. The lowest BCUT2D eigenvalue weighted by Gasteiger charge is -2.27. The standard InChI is InChI=1S/C24H17Cl2N3O/c25-17-12-10-15(11-13-17)14-29-23(18-8-4-5-9-19(18)26)20-21(16-6-2-1-3-7-16)27-28-22(20)24(29)30/h1-13,23H,14H2,(H,27,28). The number of benzene rings is 3. The third kappa shape index (κ3) is 3.18. The molecule has 1 unspecified atom stereocenters. The second-order valence-electron chi connectivity index (χ2n) is 7.21. The second-order valence-corrected chi connectivity index (χ2v) is 8.05. The van der Waals surface area contributed by atoms with E-state index in [1.807, 2.05) is 83.8 Å². The van der Waals surface area contributed by atoms with E-state index in [1.165, 1.54) is 0 Å². The Morgan fingerprint density at radius 1 is 0.900 bits per heavy atom. The van der Waals surface area contributed by atoms with E-state index >= 15 is 0 Å². The molecular weight excluding hydrogens is 417 g/mol. The number of H-pyrrole nitrogens is 1. The summed E-state index contributed by atoms with van der Waals surface area (Å²) in [6.07, 6.45) is 0. The summed E-state index contributed by atoms with van der Waals surface area (Å²) in [5.41, 5.74) is 4.94. The van der Waals surface area contributed by atoms with E-state index in [2.05, 4.69) is 10.2 Å². The van der Waals surface area contributed by atoms with E-state index in [0.717, 1.165) is 27.9 Å². The summed E-state index contributed by atoms with van der Waals surface area (Å²) >= 11 is 12.6. The molecule has 0 saturated carbocycles. The number of halogens is 2. The van der Waals surface area contributed by atoms with Gasteiger partial charge in [-0.05, 0) is 29.3 Å². The quantitative estimate of drug-likeness (QED) is 0.420. The van der Waals surface area contributed by atoms with Crippen LogP contribution in [0.25, 0.3) is 11.3 Å². The molecular formula is C24H17Cl2N3O. The van der Waals surface area contributed by atoms with Crippen LogP contribution >= 0.6 is 23.2 Å². The molecule has 0 fully saturated rings. The monoisotopic (exact) mass is 433 g/mol. The zero-order chi connectivity index (χ0) is 20.7. The third-order valence-corrected chi connectivity index (χ3v) is 5.97. The van der Waals surface area contributed by atoms with E-state index in [1.54, 1.807) is 0 Å². The van der Waals surface area contributed by atoms with Crippen molar-refractivity contribution < 1.29 is 4.79 Å². The van der Waals surface area contributed by atoms with Crippen molar-refractivity contribution in [3.8, 4) is 11.3 Å². The molecule has 0 bridgehead atoms. The SMILES string of the molecule is O=C1c2[nH]nc(-c3ccccc3)c2C(c2ccccc2Cl)N1Cc1ccc(Cl)cc1. The number of carbonyl (C=O) groups excluding carboxylic acids is 1. The summed E-state index contributed by atoms with van der Waals surface area (Å²) in [6, 6.07) is 24.7. The molecule has 4 nitrogen and oxygen atoms in total. The zero-order valence-corrected chi connectivity index (χ0v) is 17.4. The zero-order valence-electron chi connectivity index (χ0n) is 15.8. The summed E-state index contributed by atoms with van der Waals surface area (Å²) in [7, 11) is 0. The largest absolute Gasteiger partial charge is 0.322 e. The fraction of sp³-hybridized carbons (Fsp3) is 0.0833. The fourth-order valence-electron chi connectivity index (χ4n) is 3.98. The Bertz CT molecular complexity index is 1220. The van der Waals surface area contributed by atoms with Crippen LogP contribution in [0, 0.1) is 0 Å². The highest BCUT2D eigenvalue weighted by molar-refractivity contribution is 6.31. The predicted octanol–water partition coefficient (Wildman–Crippen LogP) is 6.13. The van der Waals surface area contributed by atoms with Crippen LogP contribution in [0.3, 0.4) is 0 Å². The Kier molecular flexibility index (Phi) is 4.81. The van der Waals surface area contributed by atoms with Gasteiger partial charge in [-0.15, -0.1) is 0 Å². The summed E-state index contributed by atoms with van der Waals surface area (Å²) in [5.74, 6) is -0.0976. The number of carbonyl (C=O) groups is 1. The molecule has 0 aliphatic carbocycles. The number of amides is 1. The maximum atomic E-state index is 13.4. The molecule has 1 aliphatic heterocycles. The smallest absolute Gasteiger partial charge is 0.273 e. The lowest BCUT2D eigenvalue weighted by atomic mass is 9.96. The number of hydrogen-bond acceptors (Lipinski definition) is 2. The number of aromatic amines is 1. The van der Waals surface area contributed by atoms with Gasteiger partial charge in [0, 0.05) is 27.7 Å². The predicted molar refractivity (Wildman–Crippen MR) is 119 cm³/mol. The van der Waals surface area contributed by atoms with Crippen molar-refractivity contribution in [2.75, 3.05) is 0 Å². The molecule has 148 valence electrons. The van der Waals surface area contributed by atoms with Crippen LogP contribution in [0.15, 0.2) is 78.9 Å². The average molecular weight is 434 g/mol. The number of hydrogen-bond donors (Lipinski definition) is 1. The summed E-state index contributed by atoms with van der Waals surface area (Å²) < 4.78 is 0. The Hall–Kier alpha value is -3.08. The van der Waals surface area contributed by atoms with E-state index in [9.17, 15) is 4.79 Å². The van der Waals surface area contributed by atoms with Gasteiger partial charge < -0.3 is 4.90 Å². The van der Waals surface area contributed by atoms with Crippen molar-refractivity contribution in [1.82, 2.24) is 15.1 Å². The van der Waals surface area contributed by atoms with E-state index in [-0.39, 0.29) is 11.9 Å². The molecule has 1 atom stereocenters. The first-order chi connectivity index (χ1) is 14.6. The van der Waals surface area contributed by atoms with Gasteiger partial charge in [0.15, 0.2) is 0 Å². The van der Waals surface area contributed by atoms with Gasteiger partial charge in [0.05, 0.1) is 11.7 Å². The average Bonchev–Trinajstić information content (AvgIpc) is 3.31. The molecule has 6 heteroatoms. The minimum absolute atomic E-state index is 0.0976. The lowest BCUT2D eigenvalue weighted by molar-refractivity contribution is 0.0730. The topological polar surface area (TPSA) is 49.0 Å². The van der Waals surface area contributed by atoms with Crippen molar-refractivity contribution in [2.24, 2.45) is 0 Å². The van der Waals surface area contributed by atoms with Gasteiger partial charge in [0.25, 0.3) is 5.91 Å². The van der Waals surface area contributed by atoms with Crippen molar-refractivity contribution in [3.63, 3.8) is 0 Å². The highest BCUT2D eigenvalue weighted by Crippen LogP contribution is 2.45. The van der Waals surface area contributed by atoms with Crippen molar-refractivity contribution in [1.29, 1.82) is 0 Å². The van der Waals surface area contributed by atoms with Crippen LogP contribution in [0.1, 0.15) is 33.2 Å². The first-order valence-electron chi connectivity index (χ1n) is 9.57. The Morgan fingerprint density at radius 2 is 1.60 bits per heavy atom. The molecule has 0 radical (unpaired) electrons. The molecule has 30 heavy (non-hydrogen) atoms. The number of nitrogens with zero attached hydrogens (tertiary/aromatic N) is 2. The van der Waals surface area contributed by atoms with E-state index in [4.69, 9.17) is 23.2 Å². The molecule has 2 heterocycles. The molecule has 0 spiro atoms. The summed E-state index contributed by atoms with van der Waals surface area (Å²) in [4.78, 5) is 15.2. The van der Waals surface area contributed by atoms with Crippen LogP contribution in [0.5, 0.6) is 0 Å². The van der Waals surface area contributed by atoms with Gasteiger partial charge in [-0.1, -0.05) is 83.9 Å². The van der Waals surface area contributed by atoms with Crippen molar-refractivity contribution >= 4 is 29.1 Å².